The highest BCUT2D eigenvalue weighted by Gasteiger charge is 2.25. The smallest absolute Gasteiger partial charge is 0.257 e. The van der Waals surface area contributed by atoms with Gasteiger partial charge in [0.2, 0.25) is 0 Å². The van der Waals surface area contributed by atoms with Crippen molar-refractivity contribution in [2.45, 2.75) is 4.21 Å². The summed E-state index contributed by atoms with van der Waals surface area (Å²) in [6, 6.07) is 5.83. The molecule has 0 fully saturated rings. The van der Waals surface area contributed by atoms with Crippen molar-refractivity contribution < 1.29 is 4.79 Å². The Bertz CT molecular complexity index is 691. The largest absolute Gasteiger partial charge is 0.397 e. The molecule has 4 nitrogen and oxygen atoms in total. The van der Waals surface area contributed by atoms with Crippen LogP contribution in [0, 0.1) is 0 Å². The maximum Gasteiger partial charge on any atom is 0.257 e. The van der Waals surface area contributed by atoms with Gasteiger partial charge in [0.15, 0.2) is 0 Å². The number of nitrogens with one attached hydrogen (secondary N) is 1. The van der Waals surface area contributed by atoms with Gasteiger partial charge in [0, 0.05) is 10.4 Å². The van der Waals surface area contributed by atoms with Crippen molar-refractivity contribution in [3.8, 4) is 0 Å². The number of rotatable bonds is 2. The number of thioether (sulfide) groups is 1. The second-order valence-electron chi connectivity index (χ2n) is 4.04. The van der Waals surface area contributed by atoms with Crippen LogP contribution in [0.1, 0.15) is 10.4 Å². The fourth-order valence-corrected chi connectivity index (χ4v) is 3.40. The van der Waals surface area contributed by atoms with Crippen molar-refractivity contribution >= 4 is 52.2 Å². The summed E-state index contributed by atoms with van der Waals surface area (Å²) in [5, 5.41) is 2.74. The Kier molecular flexibility index (Phi) is 3.04. The quantitative estimate of drug-likeness (QED) is 0.659. The summed E-state index contributed by atoms with van der Waals surface area (Å²) in [7, 11) is 0. The van der Waals surface area contributed by atoms with E-state index in [9.17, 15) is 4.79 Å². The molecule has 0 saturated carbocycles. The van der Waals surface area contributed by atoms with E-state index >= 15 is 0 Å². The fourth-order valence-electron chi connectivity index (χ4n) is 1.89. The summed E-state index contributed by atoms with van der Waals surface area (Å²) >= 11 is 3.35. The van der Waals surface area contributed by atoms with Gasteiger partial charge in [-0.25, -0.2) is 4.98 Å². The first-order valence-electron chi connectivity index (χ1n) is 5.60. The van der Waals surface area contributed by atoms with Gasteiger partial charge < -0.3 is 11.1 Å². The van der Waals surface area contributed by atoms with E-state index in [0.717, 1.165) is 10.4 Å². The van der Waals surface area contributed by atoms with E-state index in [0.29, 0.717) is 17.1 Å². The lowest BCUT2D eigenvalue weighted by Crippen LogP contribution is -2.04. The second kappa shape index (κ2) is 4.71. The minimum atomic E-state index is -0.132. The van der Waals surface area contributed by atoms with E-state index in [1.807, 2.05) is 24.5 Å². The minimum Gasteiger partial charge on any atom is -0.397 e. The van der Waals surface area contributed by atoms with Gasteiger partial charge in [0.25, 0.3) is 5.91 Å². The van der Waals surface area contributed by atoms with Crippen LogP contribution in [-0.2, 0) is 4.79 Å². The van der Waals surface area contributed by atoms with Crippen LogP contribution in [0.5, 0.6) is 0 Å². The number of thiophene rings is 1. The van der Waals surface area contributed by atoms with Gasteiger partial charge in [-0.15, -0.1) is 23.1 Å². The van der Waals surface area contributed by atoms with Crippen molar-refractivity contribution in [2.75, 3.05) is 17.3 Å². The number of pyridine rings is 1. The number of aromatic nitrogens is 1. The maximum atomic E-state index is 12.0. The summed E-state index contributed by atoms with van der Waals surface area (Å²) < 4.78 is 1.22. The van der Waals surface area contributed by atoms with E-state index in [1.54, 1.807) is 35.4 Å². The zero-order valence-corrected chi connectivity index (χ0v) is 11.8. The molecule has 0 aromatic carbocycles. The van der Waals surface area contributed by atoms with Gasteiger partial charge in [0.05, 0.1) is 21.7 Å². The molecule has 0 spiro atoms. The van der Waals surface area contributed by atoms with Crippen LogP contribution in [0.25, 0.3) is 11.6 Å². The van der Waals surface area contributed by atoms with Gasteiger partial charge >= 0.3 is 0 Å². The molecule has 0 aliphatic carbocycles. The van der Waals surface area contributed by atoms with Crippen molar-refractivity contribution in [3.05, 3.63) is 34.8 Å². The van der Waals surface area contributed by atoms with Crippen LogP contribution in [0.2, 0.25) is 0 Å². The number of hydrogen-bond acceptors (Lipinski definition) is 5. The molecule has 19 heavy (non-hydrogen) atoms. The zero-order valence-electron chi connectivity index (χ0n) is 10.1. The molecular weight excluding hydrogens is 278 g/mol. The number of nitrogen functional groups attached to an aromatic ring is 1. The van der Waals surface area contributed by atoms with E-state index in [4.69, 9.17) is 5.73 Å². The number of fused-ring (bicyclic) bond motifs is 1. The fraction of sp³-hybridized carbons (Fsp3) is 0.0769. The predicted molar refractivity (Wildman–Crippen MR) is 81.3 cm³/mol. The standard InChI is InChI=1S/C13H11N3OS2/c1-18-11-3-2-8(19-11)5-10-9-4-7(14)6-15-12(9)16-13(10)17/h2-6H,14H2,1H3,(H,15,16,17). The molecule has 0 bridgehead atoms. The van der Waals surface area contributed by atoms with E-state index in [2.05, 4.69) is 10.3 Å². The Morgan fingerprint density at radius 3 is 3.05 bits per heavy atom. The van der Waals surface area contributed by atoms with E-state index in [-0.39, 0.29) is 5.91 Å². The highest BCUT2D eigenvalue weighted by molar-refractivity contribution is 8.00. The molecule has 0 radical (unpaired) electrons. The maximum absolute atomic E-state index is 12.0. The van der Waals surface area contributed by atoms with Crippen LogP contribution >= 0.6 is 23.1 Å². The lowest BCUT2D eigenvalue weighted by molar-refractivity contribution is -0.110. The summed E-state index contributed by atoms with van der Waals surface area (Å²) in [6.45, 7) is 0. The molecule has 1 aliphatic heterocycles. The predicted octanol–water partition coefficient (Wildman–Crippen LogP) is 2.94. The molecule has 6 heteroatoms. The minimum absolute atomic E-state index is 0.132. The van der Waals surface area contributed by atoms with Gasteiger partial charge in [0.1, 0.15) is 5.82 Å². The highest BCUT2D eigenvalue weighted by atomic mass is 32.2. The summed E-state index contributed by atoms with van der Waals surface area (Å²) in [6.07, 6.45) is 5.46. The molecule has 1 amide bonds. The average Bonchev–Trinajstić information content (AvgIpc) is 2.96. The topological polar surface area (TPSA) is 68.0 Å². The van der Waals surface area contributed by atoms with Crippen molar-refractivity contribution in [2.24, 2.45) is 0 Å². The SMILES string of the molecule is CSc1ccc(C=C2C(=O)Nc3ncc(N)cc32)s1. The van der Waals surface area contributed by atoms with Gasteiger partial charge in [-0.3, -0.25) is 4.79 Å². The molecule has 0 unspecified atom stereocenters. The molecule has 3 N–H and O–H groups in total. The number of amides is 1. The number of hydrogen-bond donors (Lipinski definition) is 2. The number of carbonyl (C=O) groups excluding carboxylic acids is 1. The third-order valence-corrected chi connectivity index (χ3v) is 4.88. The number of nitrogens with two attached hydrogens (primary N) is 1. The number of carbonyl (C=O) groups is 1. The van der Waals surface area contributed by atoms with Crippen LogP contribution in [-0.4, -0.2) is 17.1 Å². The van der Waals surface area contributed by atoms with Crippen molar-refractivity contribution in [3.63, 3.8) is 0 Å². The van der Waals surface area contributed by atoms with Gasteiger partial charge in [-0.2, -0.15) is 0 Å². The summed E-state index contributed by atoms with van der Waals surface area (Å²) in [5.74, 6) is 0.444. The monoisotopic (exact) mass is 289 g/mol. The van der Waals surface area contributed by atoms with Crippen molar-refractivity contribution in [1.82, 2.24) is 4.98 Å². The lowest BCUT2D eigenvalue weighted by atomic mass is 10.1. The highest BCUT2D eigenvalue weighted by Crippen LogP contribution is 2.34. The molecule has 2 aromatic heterocycles. The molecule has 96 valence electrons. The average molecular weight is 289 g/mol. The molecule has 1 aliphatic rings. The van der Waals surface area contributed by atoms with Crippen LogP contribution in [0.15, 0.2) is 28.6 Å². The van der Waals surface area contributed by atoms with E-state index < -0.39 is 0 Å². The van der Waals surface area contributed by atoms with Crippen LogP contribution in [0.4, 0.5) is 11.5 Å². The Balaban J connectivity index is 2.06. The third kappa shape index (κ3) is 2.24. The molecular formula is C13H11N3OS2. The van der Waals surface area contributed by atoms with E-state index in [1.165, 1.54) is 4.21 Å². The lowest BCUT2D eigenvalue weighted by Gasteiger charge is -1.98. The molecule has 3 heterocycles. The molecule has 0 saturated heterocycles. The first-order chi connectivity index (χ1) is 9.17. The molecule has 2 aromatic rings. The summed E-state index contributed by atoms with van der Waals surface area (Å²) in [4.78, 5) is 17.1. The van der Waals surface area contributed by atoms with Gasteiger partial charge in [-0.1, -0.05) is 0 Å². The van der Waals surface area contributed by atoms with Crippen LogP contribution in [0.3, 0.4) is 0 Å². The second-order valence-corrected chi connectivity index (χ2v) is 6.26. The first-order valence-corrected chi connectivity index (χ1v) is 7.64. The van der Waals surface area contributed by atoms with Gasteiger partial charge in [-0.05, 0) is 30.5 Å². The molecule has 0 atom stereocenters. The zero-order chi connectivity index (χ0) is 13.4. The Morgan fingerprint density at radius 2 is 2.32 bits per heavy atom. The number of anilines is 2. The Hall–Kier alpha value is -1.79. The summed E-state index contributed by atoms with van der Waals surface area (Å²) in [5.41, 5.74) is 7.66. The van der Waals surface area contributed by atoms with Crippen molar-refractivity contribution in [1.29, 1.82) is 0 Å². The number of nitrogens with zero attached hydrogens (tertiary/aromatic N) is 1. The first kappa shape index (κ1) is 12.3. The Morgan fingerprint density at radius 1 is 1.47 bits per heavy atom. The van der Waals surface area contributed by atoms with Crippen LogP contribution < -0.4 is 11.1 Å². The molecule has 3 rings (SSSR count). The Labute approximate surface area is 118 Å². The third-order valence-electron chi connectivity index (χ3n) is 2.77. The normalized spacial score (nSPS) is 15.6.